The van der Waals surface area contributed by atoms with E-state index in [1.54, 1.807) is 7.11 Å². The number of para-hydroxylation sites is 1. The van der Waals surface area contributed by atoms with Crippen LogP contribution in [0.2, 0.25) is 0 Å². The van der Waals surface area contributed by atoms with Crippen molar-refractivity contribution in [2.24, 2.45) is 0 Å². The minimum atomic E-state index is -0.232. The number of amides is 2. The predicted molar refractivity (Wildman–Crippen MR) is 111 cm³/mol. The molecule has 2 amide bonds. The molecule has 0 spiro atoms. The zero-order chi connectivity index (χ0) is 18.9. The van der Waals surface area contributed by atoms with E-state index in [4.69, 9.17) is 4.74 Å². The van der Waals surface area contributed by atoms with E-state index in [-0.39, 0.29) is 6.03 Å². The molecule has 0 heterocycles. The summed E-state index contributed by atoms with van der Waals surface area (Å²) < 4.78 is 5.17. The highest BCUT2D eigenvalue weighted by Crippen LogP contribution is 2.19. The Kier molecular flexibility index (Phi) is 6.26. The molecular weight excluding hydrogens is 336 g/mol. The Morgan fingerprint density at radius 1 is 0.889 bits per heavy atom. The molecular formula is C23H22N2O2. The second-order valence-electron chi connectivity index (χ2n) is 5.99. The quantitative estimate of drug-likeness (QED) is 0.596. The lowest BCUT2D eigenvalue weighted by atomic mass is 10.1. The number of nitrogens with one attached hydrogen (secondary N) is 2. The summed E-state index contributed by atoms with van der Waals surface area (Å²) in [6.07, 6.45) is 3.98. The van der Waals surface area contributed by atoms with Crippen LogP contribution < -0.4 is 15.4 Å². The number of anilines is 1. The van der Waals surface area contributed by atoms with Crippen LogP contribution in [-0.2, 0) is 6.54 Å². The number of hydrogen-bond acceptors (Lipinski definition) is 2. The fraction of sp³-hybridized carbons (Fsp3) is 0.0870. The van der Waals surface area contributed by atoms with Crippen molar-refractivity contribution in [2.75, 3.05) is 12.4 Å². The van der Waals surface area contributed by atoms with Crippen molar-refractivity contribution in [3.05, 3.63) is 95.6 Å². The van der Waals surface area contributed by atoms with Gasteiger partial charge in [-0.2, -0.15) is 0 Å². The summed E-state index contributed by atoms with van der Waals surface area (Å²) in [6, 6.07) is 25.1. The number of ether oxygens (including phenoxy) is 1. The molecule has 0 aliphatic carbocycles. The van der Waals surface area contributed by atoms with Gasteiger partial charge < -0.3 is 15.4 Å². The van der Waals surface area contributed by atoms with Crippen LogP contribution in [0.1, 0.15) is 16.7 Å². The highest BCUT2D eigenvalue weighted by molar-refractivity contribution is 5.92. The van der Waals surface area contributed by atoms with E-state index in [2.05, 4.69) is 10.6 Å². The molecule has 0 aliphatic heterocycles. The van der Waals surface area contributed by atoms with E-state index in [0.717, 1.165) is 28.1 Å². The van der Waals surface area contributed by atoms with Crippen LogP contribution in [-0.4, -0.2) is 13.1 Å². The van der Waals surface area contributed by atoms with E-state index in [1.807, 2.05) is 91.0 Å². The lowest BCUT2D eigenvalue weighted by molar-refractivity contribution is 0.251. The first-order chi connectivity index (χ1) is 13.2. The molecule has 3 aromatic rings. The second-order valence-corrected chi connectivity index (χ2v) is 5.99. The molecule has 4 heteroatoms. The molecule has 0 aromatic heterocycles. The predicted octanol–water partition coefficient (Wildman–Crippen LogP) is 5.19. The van der Waals surface area contributed by atoms with Crippen LogP contribution in [0.5, 0.6) is 5.75 Å². The van der Waals surface area contributed by atoms with Crippen molar-refractivity contribution >= 4 is 23.9 Å². The van der Waals surface area contributed by atoms with Gasteiger partial charge in [-0.1, -0.05) is 72.8 Å². The van der Waals surface area contributed by atoms with E-state index in [1.165, 1.54) is 0 Å². The Morgan fingerprint density at radius 2 is 1.59 bits per heavy atom. The first kappa shape index (κ1) is 18.3. The Labute approximate surface area is 159 Å². The number of rotatable bonds is 6. The fourth-order valence-corrected chi connectivity index (χ4v) is 2.60. The fourth-order valence-electron chi connectivity index (χ4n) is 2.60. The summed E-state index contributed by atoms with van der Waals surface area (Å²) in [7, 11) is 1.65. The second kappa shape index (κ2) is 9.25. The highest BCUT2D eigenvalue weighted by atomic mass is 16.5. The molecule has 27 heavy (non-hydrogen) atoms. The zero-order valence-corrected chi connectivity index (χ0v) is 15.2. The van der Waals surface area contributed by atoms with Gasteiger partial charge in [0.05, 0.1) is 7.11 Å². The number of methoxy groups -OCH3 is 1. The van der Waals surface area contributed by atoms with Crippen LogP contribution in [0.4, 0.5) is 10.5 Å². The Balaban J connectivity index is 1.64. The van der Waals surface area contributed by atoms with Gasteiger partial charge in [0, 0.05) is 12.2 Å². The topological polar surface area (TPSA) is 50.4 Å². The van der Waals surface area contributed by atoms with Gasteiger partial charge in [-0.05, 0) is 34.9 Å². The lowest BCUT2D eigenvalue weighted by Gasteiger charge is -2.10. The lowest BCUT2D eigenvalue weighted by Crippen LogP contribution is -2.28. The molecule has 0 aliphatic rings. The van der Waals surface area contributed by atoms with Gasteiger partial charge in [-0.3, -0.25) is 0 Å². The molecule has 0 radical (unpaired) electrons. The Morgan fingerprint density at radius 3 is 2.33 bits per heavy atom. The summed E-state index contributed by atoms with van der Waals surface area (Å²) in [6.45, 7) is 0.483. The van der Waals surface area contributed by atoms with Crippen LogP contribution in [0.25, 0.3) is 12.2 Å². The first-order valence-electron chi connectivity index (χ1n) is 8.74. The van der Waals surface area contributed by atoms with Crippen LogP contribution in [0, 0.1) is 0 Å². The molecule has 4 nitrogen and oxygen atoms in total. The van der Waals surface area contributed by atoms with Gasteiger partial charge in [-0.25, -0.2) is 4.79 Å². The average molecular weight is 358 g/mol. The van der Waals surface area contributed by atoms with Gasteiger partial charge in [-0.15, -0.1) is 0 Å². The maximum absolute atomic E-state index is 12.2. The molecule has 0 saturated carbocycles. The van der Waals surface area contributed by atoms with Crippen molar-refractivity contribution in [2.45, 2.75) is 6.54 Å². The Bertz CT molecular complexity index is 903. The standard InChI is InChI=1S/C23H22N2O2/c1-27-21-15-12-18(13-16-21)11-14-20-9-5-6-10-22(20)25-23(26)24-17-19-7-3-2-4-8-19/h2-16H,17H2,1H3,(H2,24,25,26)/b14-11+. The molecule has 0 saturated heterocycles. The van der Waals surface area contributed by atoms with Gasteiger partial charge in [0.1, 0.15) is 5.75 Å². The van der Waals surface area contributed by atoms with E-state index in [9.17, 15) is 4.79 Å². The summed E-state index contributed by atoms with van der Waals surface area (Å²) in [4.78, 5) is 12.2. The molecule has 136 valence electrons. The molecule has 0 fully saturated rings. The normalized spacial score (nSPS) is 10.6. The van der Waals surface area contributed by atoms with Gasteiger partial charge in [0.15, 0.2) is 0 Å². The van der Waals surface area contributed by atoms with Crippen molar-refractivity contribution in [3.8, 4) is 5.75 Å². The van der Waals surface area contributed by atoms with Crippen molar-refractivity contribution < 1.29 is 9.53 Å². The molecule has 3 aromatic carbocycles. The number of benzene rings is 3. The van der Waals surface area contributed by atoms with Gasteiger partial charge in [0.2, 0.25) is 0 Å². The number of carbonyl (C=O) groups is 1. The van der Waals surface area contributed by atoms with Crippen LogP contribution in [0.3, 0.4) is 0 Å². The van der Waals surface area contributed by atoms with Crippen molar-refractivity contribution in [1.29, 1.82) is 0 Å². The van der Waals surface area contributed by atoms with Gasteiger partial charge >= 0.3 is 6.03 Å². The third kappa shape index (κ3) is 5.47. The van der Waals surface area contributed by atoms with Crippen molar-refractivity contribution in [3.63, 3.8) is 0 Å². The third-order valence-electron chi connectivity index (χ3n) is 4.08. The number of urea groups is 1. The van der Waals surface area contributed by atoms with Crippen molar-refractivity contribution in [1.82, 2.24) is 5.32 Å². The smallest absolute Gasteiger partial charge is 0.319 e. The number of carbonyl (C=O) groups excluding carboxylic acids is 1. The monoisotopic (exact) mass is 358 g/mol. The highest BCUT2D eigenvalue weighted by Gasteiger charge is 2.04. The van der Waals surface area contributed by atoms with E-state index < -0.39 is 0 Å². The largest absolute Gasteiger partial charge is 0.497 e. The minimum absolute atomic E-state index is 0.232. The van der Waals surface area contributed by atoms with Gasteiger partial charge in [0.25, 0.3) is 0 Å². The summed E-state index contributed by atoms with van der Waals surface area (Å²) in [5.74, 6) is 0.823. The third-order valence-corrected chi connectivity index (χ3v) is 4.08. The van der Waals surface area contributed by atoms with E-state index >= 15 is 0 Å². The number of hydrogen-bond donors (Lipinski definition) is 2. The Hall–Kier alpha value is -3.53. The van der Waals surface area contributed by atoms with Crippen LogP contribution in [0.15, 0.2) is 78.9 Å². The maximum atomic E-state index is 12.2. The summed E-state index contributed by atoms with van der Waals surface area (Å²) in [5.41, 5.74) is 3.80. The zero-order valence-electron chi connectivity index (χ0n) is 15.2. The summed E-state index contributed by atoms with van der Waals surface area (Å²) in [5, 5.41) is 5.79. The first-order valence-corrected chi connectivity index (χ1v) is 8.74. The maximum Gasteiger partial charge on any atom is 0.319 e. The average Bonchev–Trinajstić information content (AvgIpc) is 2.73. The molecule has 3 rings (SSSR count). The molecule has 2 N–H and O–H groups in total. The summed E-state index contributed by atoms with van der Waals surface area (Å²) >= 11 is 0. The molecule has 0 atom stereocenters. The minimum Gasteiger partial charge on any atom is -0.497 e. The van der Waals surface area contributed by atoms with E-state index in [0.29, 0.717) is 6.54 Å². The van der Waals surface area contributed by atoms with Crippen LogP contribution >= 0.6 is 0 Å². The molecule has 0 unspecified atom stereocenters. The SMILES string of the molecule is COc1ccc(/C=C/c2ccccc2NC(=O)NCc2ccccc2)cc1. The molecule has 0 bridgehead atoms.